The van der Waals surface area contributed by atoms with Crippen molar-refractivity contribution in [2.75, 3.05) is 13.1 Å². The van der Waals surface area contributed by atoms with E-state index in [0.29, 0.717) is 11.1 Å². The average molecular weight is 328 g/mol. The Morgan fingerprint density at radius 2 is 1.29 bits per heavy atom. The second kappa shape index (κ2) is 7.37. The first kappa shape index (κ1) is 17.0. The van der Waals surface area contributed by atoms with Crippen LogP contribution in [0, 0.1) is 0 Å². The summed E-state index contributed by atoms with van der Waals surface area (Å²) in [5, 5.41) is 0. The van der Waals surface area contributed by atoms with Crippen molar-refractivity contribution in [3.05, 3.63) is 35.4 Å². The molecule has 2 saturated heterocycles. The molecular formula is C20H28N2O2. The van der Waals surface area contributed by atoms with Crippen LogP contribution in [-0.4, -0.2) is 46.8 Å². The minimum Gasteiger partial charge on any atom is -0.336 e. The maximum absolute atomic E-state index is 12.8. The van der Waals surface area contributed by atoms with Crippen molar-refractivity contribution in [1.82, 2.24) is 9.80 Å². The predicted molar refractivity (Wildman–Crippen MR) is 95.1 cm³/mol. The maximum atomic E-state index is 12.8. The van der Waals surface area contributed by atoms with Gasteiger partial charge in [0, 0.05) is 36.3 Å². The van der Waals surface area contributed by atoms with Crippen molar-refractivity contribution in [3.63, 3.8) is 0 Å². The topological polar surface area (TPSA) is 40.6 Å². The molecule has 0 aromatic heterocycles. The summed E-state index contributed by atoms with van der Waals surface area (Å²) in [7, 11) is 0. The van der Waals surface area contributed by atoms with Crippen LogP contribution in [0.1, 0.15) is 73.1 Å². The fourth-order valence-electron chi connectivity index (χ4n) is 3.92. The first-order valence-electron chi connectivity index (χ1n) is 9.30. The molecule has 1 aromatic carbocycles. The number of amides is 2. The van der Waals surface area contributed by atoms with Gasteiger partial charge in [0.1, 0.15) is 0 Å². The number of rotatable bonds is 2. The molecule has 4 heteroatoms. The molecular weight excluding hydrogens is 300 g/mol. The van der Waals surface area contributed by atoms with E-state index in [1.807, 2.05) is 28.0 Å². The Bertz CT molecular complexity index is 564. The Morgan fingerprint density at radius 3 is 1.71 bits per heavy atom. The first-order chi connectivity index (χ1) is 11.6. The number of carbonyl (C=O) groups excluding carboxylic acids is 2. The van der Waals surface area contributed by atoms with Crippen molar-refractivity contribution in [1.29, 1.82) is 0 Å². The highest BCUT2D eigenvalue weighted by atomic mass is 16.2. The Balaban J connectivity index is 1.78. The van der Waals surface area contributed by atoms with Gasteiger partial charge in [-0.1, -0.05) is 6.07 Å². The van der Waals surface area contributed by atoms with Crippen LogP contribution in [0.5, 0.6) is 0 Å². The summed E-state index contributed by atoms with van der Waals surface area (Å²) >= 11 is 0. The molecule has 3 rings (SSSR count). The first-order valence-corrected chi connectivity index (χ1v) is 9.30. The second-order valence-corrected chi connectivity index (χ2v) is 7.27. The SMILES string of the molecule is CC1CCCCN1C(=O)c1cccc(C(=O)N2CCCCC2C)c1. The lowest BCUT2D eigenvalue weighted by Crippen LogP contribution is -2.43. The third-order valence-corrected chi connectivity index (χ3v) is 5.48. The summed E-state index contributed by atoms with van der Waals surface area (Å²) in [4.78, 5) is 29.6. The molecule has 0 N–H and O–H groups in total. The standard InChI is InChI=1S/C20H28N2O2/c1-15-8-3-5-12-21(15)19(23)17-10-7-11-18(14-17)20(24)22-13-6-4-9-16(22)2/h7,10-11,14-16H,3-6,8-9,12-13H2,1-2H3. The number of hydrogen-bond donors (Lipinski definition) is 0. The van der Waals surface area contributed by atoms with E-state index < -0.39 is 0 Å². The maximum Gasteiger partial charge on any atom is 0.254 e. The van der Waals surface area contributed by atoms with Gasteiger partial charge >= 0.3 is 0 Å². The Labute approximate surface area is 144 Å². The third-order valence-electron chi connectivity index (χ3n) is 5.48. The van der Waals surface area contributed by atoms with Gasteiger partial charge in [-0.25, -0.2) is 0 Å². The molecule has 0 spiro atoms. The molecule has 2 unspecified atom stereocenters. The van der Waals surface area contributed by atoms with E-state index in [4.69, 9.17) is 0 Å². The second-order valence-electron chi connectivity index (χ2n) is 7.27. The lowest BCUT2D eigenvalue weighted by molar-refractivity contribution is 0.0634. The zero-order chi connectivity index (χ0) is 17.1. The highest BCUT2D eigenvalue weighted by Crippen LogP contribution is 2.22. The van der Waals surface area contributed by atoms with E-state index in [1.165, 1.54) is 12.8 Å². The van der Waals surface area contributed by atoms with Crippen molar-refractivity contribution < 1.29 is 9.59 Å². The lowest BCUT2D eigenvalue weighted by atomic mass is 10.00. The molecule has 2 atom stereocenters. The molecule has 130 valence electrons. The van der Waals surface area contributed by atoms with Gasteiger partial charge < -0.3 is 9.80 Å². The molecule has 0 saturated carbocycles. The number of likely N-dealkylation sites (tertiary alicyclic amines) is 2. The quantitative estimate of drug-likeness (QED) is 0.830. The van der Waals surface area contributed by atoms with Gasteiger partial charge in [0.2, 0.25) is 0 Å². The van der Waals surface area contributed by atoms with Gasteiger partial charge in [0.05, 0.1) is 0 Å². The van der Waals surface area contributed by atoms with Crippen LogP contribution in [0.15, 0.2) is 24.3 Å². The third kappa shape index (κ3) is 3.47. The number of benzene rings is 1. The van der Waals surface area contributed by atoms with Gasteiger partial charge in [-0.3, -0.25) is 9.59 Å². The van der Waals surface area contributed by atoms with Crippen molar-refractivity contribution in [2.24, 2.45) is 0 Å². The molecule has 4 nitrogen and oxygen atoms in total. The summed E-state index contributed by atoms with van der Waals surface area (Å²) in [6, 6.07) is 7.86. The zero-order valence-electron chi connectivity index (χ0n) is 14.8. The van der Waals surface area contributed by atoms with Crippen LogP contribution in [0.25, 0.3) is 0 Å². The molecule has 0 aliphatic carbocycles. The van der Waals surface area contributed by atoms with Crippen molar-refractivity contribution in [2.45, 2.75) is 64.5 Å². The van der Waals surface area contributed by atoms with Gasteiger partial charge in [-0.15, -0.1) is 0 Å². The van der Waals surface area contributed by atoms with Crippen LogP contribution < -0.4 is 0 Å². The Kier molecular flexibility index (Phi) is 5.22. The summed E-state index contributed by atoms with van der Waals surface area (Å²) in [5.74, 6) is 0.118. The molecule has 2 heterocycles. The number of piperidine rings is 2. The van der Waals surface area contributed by atoms with E-state index in [2.05, 4.69) is 13.8 Å². The normalized spacial score (nSPS) is 24.8. The molecule has 2 aliphatic rings. The smallest absolute Gasteiger partial charge is 0.254 e. The molecule has 2 aliphatic heterocycles. The van der Waals surface area contributed by atoms with Gasteiger partial charge in [-0.05, 0) is 70.6 Å². The van der Waals surface area contributed by atoms with Crippen LogP contribution in [0.4, 0.5) is 0 Å². The van der Waals surface area contributed by atoms with Crippen LogP contribution >= 0.6 is 0 Å². The summed E-state index contributed by atoms with van der Waals surface area (Å²) in [6.07, 6.45) is 6.65. The van der Waals surface area contributed by atoms with Crippen LogP contribution in [-0.2, 0) is 0 Å². The fraction of sp³-hybridized carbons (Fsp3) is 0.600. The van der Waals surface area contributed by atoms with Gasteiger partial charge in [0.15, 0.2) is 0 Å². The van der Waals surface area contributed by atoms with E-state index in [9.17, 15) is 9.59 Å². The largest absolute Gasteiger partial charge is 0.336 e. The van der Waals surface area contributed by atoms with E-state index in [-0.39, 0.29) is 23.9 Å². The van der Waals surface area contributed by atoms with E-state index >= 15 is 0 Å². The average Bonchev–Trinajstić information content (AvgIpc) is 2.61. The Morgan fingerprint density at radius 1 is 0.833 bits per heavy atom. The summed E-state index contributed by atoms with van der Waals surface area (Å²) < 4.78 is 0. The van der Waals surface area contributed by atoms with Crippen molar-refractivity contribution >= 4 is 11.8 Å². The molecule has 24 heavy (non-hydrogen) atoms. The van der Waals surface area contributed by atoms with Crippen LogP contribution in [0.2, 0.25) is 0 Å². The van der Waals surface area contributed by atoms with Gasteiger partial charge in [-0.2, -0.15) is 0 Å². The minimum atomic E-state index is 0.0588. The monoisotopic (exact) mass is 328 g/mol. The highest BCUT2D eigenvalue weighted by Gasteiger charge is 2.27. The minimum absolute atomic E-state index is 0.0588. The Hall–Kier alpha value is -1.84. The number of nitrogens with zero attached hydrogens (tertiary/aromatic N) is 2. The zero-order valence-corrected chi connectivity index (χ0v) is 14.8. The summed E-state index contributed by atoms with van der Waals surface area (Å²) in [5.41, 5.74) is 1.28. The van der Waals surface area contributed by atoms with E-state index in [1.54, 1.807) is 6.07 Å². The molecule has 2 amide bonds. The fourth-order valence-corrected chi connectivity index (χ4v) is 3.92. The molecule has 2 fully saturated rings. The molecule has 0 bridgehead atoms. The van der Waals surface area contributed by atoms with Gasteiger partial charge in [0.25, 0.3) is 11.8 Å². The molecule has 0 radical (unpaired) electrons. The predicted octanol–water partition coefficient (Wildman–Crippen LogP) is 3.72. The van der Waals surface area contributed by atoms with E-state index in [0.717, 1.165) is 38.8 Å². The molecule has 1 aromatic rings. The lowest BCUT2D eigenvalue weighted by Gasteiger charge is -2.34. The number of carbonyl (C=O) groups is 2. The summed E-state index contributed by atoms with van der Waals surface area (Å²) in [6.45, 7) is 5.87. The van der Waals surface area contributed by atoms with Crippen molar-refractivity contribution in [3.8, 4) is 0 Å². The highest BCUT2D eigenvalue weighted by molar-refractivity contribution is 6.00. The number of hydrogen-bond acceptors (Lipinski definition) is 2. The van der Waals surface area contributed by atoms with Crippen LogP contribution in [0.3, 0.4) is 0 Å².